The second kappa shape index (κ2) is 11.1. The molecule has 0 saturated heterocycles. The molecule has 2 N–H and O–H groups in total. The van der Waals surface area contributed by atoms with E-state index in [0.29, 0.717) is 12.5 Å². The fourth-order valence-corrected chi connectivity index (χ4v) is 1.66. The van der Waals surface area contributed by atoms with Crippen molar-refractivity contribution in [1.29, 1.82) is 0 Å². The van der Waals surface area contributed by atoms with Crippen LogP contribution in [0.15, 0.2) is 29.3 Å². The van der Waals surface area contributed by atoms with Gasteiger partial charge in [0.05, 0.1) is 20.2 Å². The largest absolute Gasteiger partial charge is 0.496 e. The normalized spacial score (nSPS) is 10.5. The molecule has 22 heavy (non-hydrogen) atoms. The number of ether oxygens (including phenoxy) is 1. The third-order valence-corrected chi connectivity index (χ3v) is 2.85. The Morgan fingerprint density at radius 3 is 2.55 bits per heavy atom. The fourth-order valence-electron chi connectivity index (χ4n) is 1.66. The first-order valence-electron chi connectivity index (χ1n) is 6.92. The molecule has 0 spiro atoms. The number of benzene rings is 1. The molecule has 0 bridgehead atoms. The molecule has 1 amide bonds. The topological polar surface area (TPSA) is 66.0 Å². The van der Waals surface area contributed by atoms with Gasteiger partial charge in [0, 0.05) is 26.2 Å². The average molecular weight is 420 g/mol. The summed E-state index contributed by atoms with van der Waals surface area (Å²) in [6.07, 6.45) is 0. The van der Waals surface area contributed by atoms with E-state index in [1.165, 1.54) is 4.90 Å². The summed E-state index contributed by atoms with van der Waals surface area (Å²) in [5, 5.41) is 6.13. The number of hydrogen-bond donors (Lipinski definition) is 2. The van der Waals surface area contributed by atoms with E-state index in [-0.39, 0.29) is 36.4 Å². The summed E-state index contributed by atoms with van der Waals surface area (Å²) >= 11 is 0. The zero-order valence-corrected chi connectivity index (χ0v) is 15.9. The quantitative estimate of drug-likeness (QED) is 0.416. The molecule has 0 unspecified atom stereocenters. The van der Waals surface area contributed by atoms with Crippen LogP contribution in [0, 0.1) is 0 Å². The first kappa shape index (κ1) is 20.5. The molecular formula is C15H25IN4O2. The van der Waals surface area contributed by atoms with Crippen molar-refractivity contribution in [3.63, 3.8) is 0 Å². The highest BCUT2D eigenvalue weighted by atomic mass is 127. The predicted molar refractivity (Wildman–Crippen MR) is 99.9 cm³/mol. The van der Waals surface area contributed by atoms with E-state index >= 15 is 0 Å². The smallest absolute Gasteiger partial charge is 0.241 e. The summed E-state index contributed by atoms with van der Waals surface area (Å²) < 4.78 is 5.30. The van der Waals surface area contributed by atoms with Crippen LogP contribution in [0.5, 0.6) is 5.75 Å². The van der Waals surface area contributed by atoms with E-state index in [4.69, 9.17) is 4.74 Å². The summed E-state index contributed by atoms with van der Waals surface area (Å²) in [5.74, 6) is 1.41. The summed E-state index contributed by atoms with van der Waals surface area (Å²) in [5.41, 5.74) is 0.996. The maximum absolute atomic E-state index is 11.6. The standard InChI is InChI=1S/C15H24N4O2.HI/c1-5-16-15(18-11-14(20)19(2)3)17-10-12-8-6-7-9-13(12)21-4;/h6-9H,5,10-11H2,1-4H3,(H2,16,17,18);1H. The number of halogens is 1. The molecule has 1 rings (SSSR count). The van der Waals surface area contributed by atoms with Crippen LogP contribution >= 0.6 is 24.0 Å². The van der Waals surface area contributed by atoms with Gasteiger partial charge in [-0.3, -0.25) is 4.79 Å². The lowest BCUT2D eigenvalue weighted by molar-refractivity contribution is -0.127. The van der Waals surface area contributed by atoms with Gasteiger partial charge in [-0.15, -0.1) is 24.0 Å². The molecule has 0 aliphatic carbocycles. The van der Waals surface area contributed by atoms with Gasteiger partial charge >= 0.3 is 0 Å². The molecule has 0 aliphatic heterocycles. The van der Waals surface area contributed by atoms with Gasteiger partial charge in [0.15, 0.2) is 5.96 Å². The second-order valence-electron chi connectivity index (χ2n) is 4.65. The summed E-state index contributed by atoms with van der Waals surface area (Å²) in [6.45, 7) is 3.40. The van der Waals surface area contributed by atoms with Gasteiger partial charge in [-0.05, 0) is 13.0 Å². The molecule has 124 valence electrons. The van der Waals surface area contributed by atoms with Crippen LogP contribution in [0.3, 0.4) is 0 Å². The van der Waals surface area contributed by atoms with Gasteiger partial charge < -0.3 is 20.3 Å². The highest BCUT2D eigenvalue weighted by molar-refractivity contribution is 14.0. The molecule has 6 nitrogen and oxygen atoms in total. The van der Waals surface area contributed by atoms with Crippen LogP contribution in [-0.4, -0.2) is 51.1 Å². The minimum Gasteiger partial charge on any atom is -0.496 e. The molecule has 7 heteroatoms. The van der Waals surface area contributed by atoms with E-state index in [1.807, 2.05) is 31.2 Å². The van der Waals surface area contributed by atoms with Crippen LogP contribution in [-0.2, 0) is 11.3 Å². The summed E-state index contributed by atoms with van der Waals surface area (Å²) in [4.78, 5) is 17.6. The zero-order valence-electron chi connectivity index (χ0n) is 13.5. The number of nitrogens with one attached hydrogen (secondary N) is 2. The Hall–Kier alpha value is -1.51. The van der Waals surface area contributed by atoms with E-state index in [1.54, 1.807) is 21.2 Å². The molecule has 0 fully saturated rings. The van der Waals surface area contributed by atoms with Crippen molar-refractivity contribution in [3.8, 4) is 5.75 Å². The van der Waals surface area contributed by atoms with Crippen molar-refractivity contribution in [2.24, 2.45) is 4.99 Å². The highest BCUT2D eigenvalue weighted by Crippen LogP contribution is 2.17. The Bertz CT molecular complexity index is 492. The number of methoxy groups -OCH3 is 1. The SMILES string of the molecule is CCNC(=NCc1ccccc1OC)NCC(=O)N(C)C.I. The van der Waals surface area contributed by atoms with Gasteiger partial charge in [-0.1, -0.05) is 18.2 Å². The van der Waals surface area contributed by atoms with Crippen LogP contribution in [0.25, 0.3) is 0 Å². The predicted octanol–water partition coefficient (Wildman–Crippen LogP) is 1.46. The molecule has 0 aliphatic rings. The van der Waals surface area contributed by atoms with Crippen molar-refractivity contribution in [1.82, 2.24) is 15.5 Å². The number of aliphatic imine (C=N–C) groups is 1. The number of carbonyl (C=O) groups is 1. The Labute approximate surface area is 149 Å². The number of likely N-dealkylation sites (N-methyl/N-ethyl adjacent to an activating group) is 1. The molecule has 1 aromatic rings. The zero-order chi connectivity index (χ0) is 15.7. The third kappa shape index (κ3) is 6.97. The first-order valence-corrected chi connectivity index (χ1v) is 6.92. The molecule has 0 atom stereocenters. The van der Waals surface area contributed by atoms with E-state index < -0.39 is 0 Å². The van der Waals surface area contributed by atoms with Crippen molar-refractivity contribution < 1.29 is 9.53 Å². The fraction of sp³-hybridized carbons (Fsp3) is 0.467. The molecule has 0 saturated carbocycles. The van der Waals surface area contributed by atoms with E-state index in [0.717, 1.165) is 17.9 Å². The number of para-hydroxylation sites is 1. The monoisotopic (exact) mass is 420 g/mol. The van der Waals surface area contributed by atoms with Gasteiger partial charge in [-0.25, -0.2) is 4.99 Å². The van der Waals surface area contributed by atoms with Gasteiger partial charge in [0.25, 0.3) is 0 Å². The minimum absolute atomic E-state index is 0. The lowest BCUT2D eigenvalue weighted by Gasteiger charge is -2.14. The van der Waals surface area contributed by atoms with Crippen LogP contribution in [0.4, 0.5) is 0 Å². The third-order valence-electron chi connectivity index (χ3n) is 2.85. The maximum atomic E-state index is 11.6. The number of guanidine groups is 1. The number of carbonyl (C=O) groups excluding carboxylic acids is 1. The van der Waals surface area contributed by atoms with Gasteiger partial charge in [0.2, 0.25) is 5.91 Å². The first-order chi connectivity index (χ1) is 10.1. The Morgan fingerprint density at radius 2 is 1.95 bits per heavy atom. The minimum atomic E-state index is -0.00195. The highest BCUT2D eigenvalue weighted by Gasteiger charge is 2.06. The molecule has 1 aromatic carbocycles. The van der Waals surface area contributed by atoms with Crippen molar-refractivity contribution in [2.75, 3.05) is 34.3 Å². The number of nitrogens with zero attached hydrogens (tertiary/aromatic N) is 2. The van der Waals surface area contributed by atoms with Crippen molar-refractivity contribution in [3.05, 3.63) is 29.8 Å². The van der Waals surface area contributed by atoms with Gasteiger partial charge in [0.1, 0.15) is 5.75 Å². The Kier molecular flexibility index (Phi) is 10.3. The second-order valence-corrected chi connectivity index (χ2v) is 4.65. The molecular weight excluding hydrogens is 395 g/mol. The number of amides is 1. The maximum Gasteiger partial charge on any atom is 0.241 e. The lowest BCUT2D eigenvalue weighted by atomic mass is 10.2. The Balaban J connectivity index is 0.00000441. The summed E-state index contributed by atoms with van der Waals surface area (Å²) in [6, 6.07) is 7.74. The summed E-state index contributed by atoms with van der Waals surface area (Å²) in [7, 11) is 5.09. The number of rotatable bonds is 6. The number of hydrogen-bond acceptors (Lipinski definition) is 3. The van der Waals surface area contributed by atoms with Crippen molar-refractivity contribution in [2.45, 2.75) is 13.5 Å². The van der Waals surface area contributed by atoms with Gasteiger partial charge in [-0.2, -0.15) is 0 Å². The van der Waals surface area contributed by atoms with E-state index in [2.05, 4.69) is 15.6 Å². The van der Waals surface area contributed by atoms with Crippen LogP contribution in [0.2, 0.25) is 0 Å². The Morgan fingerprint density at radius 1 is 1.27 bits per heavy atom. The van der Waals surface area contributed by atoms with Crippen molar-refractivity contribution >= 4 is 35.8 Å². The molecule has 0 aromatic heterocycles. The molecule has 0 radical (unpaired) electrons. The van der Waals surface area contributed by atoms with Crippen LogP contribution in [0.1, 0.15) is 12.5 Å². The average Bonchev–Trinajstić information content (AvgIpc) is 2.49. The van der Waals surface area contributed by atoms with E-state index in [9.17, 15) is 4.79 Å². The van der Waals surface area contributed by atoms with Crippen LogP contribution < -0.4 is 15.4 Å². The molecule has 0 heterocycles. The lowest BCUT2D eigenvalue weighted by Crippen LogP contribution is -2.42.